The van der Waals surface area contributed by atoms with Gasteiger partial charge in [-0.2, -0.15) is 0 Å². The second-order valence-corrected chi connectivity index (χ2v) is 7.26. The maximum absolute atomic E-state index is 12.6. The fourth-order valence-corrected chi connectivity index (χ4v) is 3.96. The zero-order chi connectivity index (χ0) is 17.4. The van der Waals surface area contributed by atoms with Gasteiger partial charge in [0, 0.05) is 5.69 Å². The lowest BCUT2D eigenvalue weighted by molar-refractivity contribution is 0.102. The third-order valence-corrected chi connectivity index (χ3v) is 5.41. The highest BCUT2D eigenvalue weighted by molar-refractivity contribution is 7.89. The average Bonchev–Trinajstić information content (AvgIpc) is 3.00. The molecule has 0 radical (unpaired) electrons. The Hall–Kier alpha value is -2.97. The number of hydrogen-bond acceptors (Lipinski definition) is 4. The van der Waals surface area contributed by atoms with Gasteiger partial charge < -0.3 is 5.32 Å². The van der Waals surface area contributed by atoms with Crippen molar-refractivity contribution < 1.29 is 13.2 Å². The van der Waals surface area contributed by atoms with E-state index in [9.17, 15) is 13.2 Å². The Bertz CT molecular complexity index is 1060. The van der Waals surface area contributed by atoms with Gasteiger partial charge in [-0.1, -0.05) is 30.3 Å². The van der Waals surface area contributed by atoms with Crippen LogP contribution < -0.4 is 10.0 Å². The third-order valence-electron chi connectivity index (χ3n) is 3.96. The quantitative estimate of drug-likeness (QED) is 0.735. The molecule has 1 aliphatic rings. The van der Waals surface area contributed by atoms with E-state index in [4.69, 9.17) is 0 Å². The lowest BCUT2D eigenvalue weighted by Crippen LogP contribution is -2.23. The van der Waals surface area contributed by atoms with Gasteiger partial charge in [0.15, 0.2) is 5.69 Å². The Morgan fingerprint density at radius 1 is 1.08 bits per heavy atom. The molecule has 2 heterocycles. The lowest BCUT2D eigenvalue weighted by atomic mass is 10.2. The van der Waals surface area contributed by atoms with Crippen molar-refractivity contribution in [2.45, 2.75) is 11.4 Å². The molecule has 0 bridgehead atoms. The number of para-hydroxylation sites is 2. The van der Waals surface area contributed by atoms with Crippen molar-refractivity contribution in [3.63, 3.8) is 0 Å². The van der Waals surface area contributed by atoms with Crippen LogP contribution in [0.25, 0.3) is 5.69 Å². The van der Waals surface area contributed by atoms with Crippen molar-refractivity contribution in [2.24, 2.45) is 0 Å². The molecular formula is C17H14N4O3S. The minimum Gasteiger partial charge on any atom is -0.321 e. The van der Waals surface area contributed by atoms with Gasteiger partial charge in [-0.15, -0.1) is 0 Å². The molecule has 0 spiro atoms. The van der Waals surface area contributed by atoms with Crippen LogP contribution in [0.2, 0.25) is 0 Å². The Morgan fingerprint density at radius 2 is 1.80 bits per heavy atom. The summed E-state index contributed by atoms with van der Waals surface area (Å²) in [5, 5.41) is 2.77. The fourth-order valence-electron chi connectivity index (χ4n) is 2.78. The number of benzene rings is 2. The molecule has 0 saturated carbocycles. The summed E-state index contributed by atoms with van der Waals surface area (Å²) in [6.45, 7) is -0.0193. The summed E-state index contributed by atoms with van der Waals surface area (Å²) in [6, 6.07) is 15.6. The molecule has 0 atom stereocenters. The molecular weight excluding hydrogens is 340 g/mol. The van der Waals surface area contributed by atoms with E-state index < -0.39 is 15.9 Å². The van der Waals surface area contributed by atoms with E-state index in [1.165, 1.54) is 12.4 Å². The maximum atomic E-state index is 12.6. The number of hydrogen-bond donors (Lipinski definition) is 2. The highest BCUT2D eigenvalue weighted by Crippen LogP contribution is 2.26. The summed E-state index contributed by atoms with van der Waals surface area (Å²) >= 11 is 0. The van der Waals surface area contributed by atoms with Crippen molar-refractivity contribution in [1.29, 1.82) is 0 Å². The first-order chi connectivity index (χ1) is 12.1. The van der Waals surface area contributed by atoms with Gasteiger partial charge >= 0.3 is 0 Å². The Morgan fingerprint density at radius 3 is 2.60 bits per heavy atom. The molecule has 0 fully saturated rings. The molecule has 0 saturated heterocycles. The largest absolute Gasteiger partial charge is 0.321 e. The number of amides is 1. The normalized spacial score (nSPS) is 14.9. The first-order valence-electron chi connectivity index (χ1n) is 7.58. The van der Waals surface area contributed by atoms with E-state index in [-0.39, 0.29) is 17.1 Å². The zero-order valence-electron chi connectivity index (χ0n) is 13.0. The molecule has 126 valence electrons. The standard InChI is InChI=1S/C17H14N4O3S/c22-17(20-12-6-2-1-3-7-12)16-14-10-19-25(23,24)15-9-5-4-8-13(15)21(14)11-18-16/h1-9,11,19H,10H2,(H,20,22). The summed E-state index contributed by atoms with van der Waals surface area (Å²) in [5.74, 6) is -0.390. The van der Waals surface area contributed by atoms with Crippen molar-refractivity contribution in [1.82, 2.24) is 14.3 Å². The predicted octanol–water partition coefficient (Wildman–Crippen LogP) is 1.92. The molecule has 2 N–H and O–H groups in total. The molecule has 4 rings (SSSR count). The van der Waals surface area contributed by atoms with E-state index in [0.717, 1.165) is 0 Å². The predicted molar refractivity (Wildman–Crippen MR) is 92.0 cm³/mol. The number of carbonyl (C=O) groups excluding carboxylic acids is 1. The first kappa shape index (κ1) is 15.6. The van der Waals surface area contributed by atoms with Crippen molar-refractivity contribution in [3.05, 3.63) is 72.3 Å². The van der Waals surface area contributed by atoms with Crippen molar-refractivity contribution in [2.75, 3.05) is 5.32 Å². The molecule has 0 aliphatic carbocycles. The van der Waals surface area contributed by atoms with E-state index in [1.807, 2.05) is 18.2 Å². The summed E-state index contributed by atoms with van der Waals surface area (Å²) in [7, 11) is -3.65. The smallest absolute Gasteiger partial charge is 0.276 e. The van der Waals surface area contributed by atoms with Gasteiger partial charge in [0.25, 0.3) is 5.91 Å². The van der Waals surface area contributed by atoms with E-state index in [1.54, 1.807) is 34.9 Å². The van der Waals surface area contributed by atoms with Gasteiger partial charge in [-0.25, -0.2) is 18.1 Å². The first-order valence-corrected chi connectivity index (χ1v) is 9.06. The highest BCUT2D eigenvalue weighted by atomic mass is 32.2. The molecule has 0 unspecified atom stereocenters. The Labute approximate surface area is 144 Å². The minimum atomic E-state index is -3.65. The summed E-state index contributed by atoms with van der Waals surface area (Å²) in [4.78, 5) is 16.9. The Kier molecular flexibility index (Phi) is 3.63. The van der Waals surface area contributed by atoms with Crippen molar-refractivity contribution in [3.8, 4) is 5.69 Å². The molecule has 1 aromatic heterocycles. The van der Waals surface area contributed by atoms with Crippen LogP contribution in [0.3, 0.4) is 0 Å². The van der Waals surface area contributed by atoms with Crippen LogP contribution in [-0.4, -0.2) is 23.9 Å². The van der Waals surface area contributed by atoms with Crippen LogP contribution in [0.15, 0.2) is 65.8 Å². The summed E-state index contributed by atoms with van der Waals surface area (Å²) < 4.78 is 28.9. The SMILES string of the molecule is O=C(Nc1ccccc1)c1ncn2c1CNS(=O)(=O)c1ccccc1-2. The zero-order valence-corrected chi connectivity index (χ0v) is 13.8. The van der Waals surface area contributed by atoms with Gasteiger partial charge in [0.2, 0.25) is 10.0 Å². The number of carbonyl (C=O) groups is 1. The van der Waals surface area contributed by atoms with Crippen LogP contribution >= 0.6 is 0 Å². The minimum absolute atomic E-state index is 0.0193. The molecule has 2 aromatic carbocycles. The summed E-state index contributed by atoms with van der Waals surface area (Å²) in [5.41, 5.74) is 1.78. The monoisotopic (exact) mass is 354 g/mol. The number of nitrogens with zero attached hydrogens (tertiary/aromatic N) is 2. The number of sulfonamides is 1. The Balaban J connectivity index is 1.77. The molecule has 1 amide bonds. The highest BCUT2D eigenvalue weighted by Gasteiger charge is 2.28. The van der Waals surface area contributed by atoms with E-state index in [2.05, 4.69) is 15.0 Å². The van der Waals surface area contributed by atoms with E-state index in [0.29, 0.717) is 17.1 Å². The van der Waals surface area contributed by atoms with Gasteiger partial charge in [0.05, 0.1) is 17.9 Å². The van der Waals surface area contributed by atoms with Crippen LogP contribution in [-0.2, 0) is 16.6 Å². The number of fused-ring (bicyclic) bond motifs is 3. The number of imidazole rings is 1. The van der Waals surface area contributed by atoms with Gasteiger partial charge in [-0.05, 0) is 24.3 Å². The second kappa shape index (κ2) is 5.83. The van der Waals surface area contributed by atoms with Crippen LogP contribution in [0.4, 0.5) is 5.69 Å². The molecule has 1 aliphatic heterocycles. The topological polar surface area (TPSA) is 93.1 Å². The number of rotatable bonds is 2. The third kappa shape index (κ3) is 2.71. The molecule has 8 heteroatoms. The second-order valence-electron chi connectivity index (χ2n) is 5.52. The molecule has 3 aromatic rings. The van der Waals surface area contributed by atoms with Gasteiger partial charge in [-0.3, -0.25) is 9.36 Å². The lowest BCUT2D eigenvalue weighted by Gasteiger charge is -2.08. The van der Waals surface area contributed by atoms with Crippen molar-refractivity contribution >= 4 is 21.6 Å². The van der Waals surface area contributed by atoms with Crippen LogP contribution in [0.5, 0.6) is 0 Å². The number of anilines is 1. The van der Waals surface area contributed by atoms with Crippen LogP contribution in [0.1, 0.15) is 16.2 Å². The average molecular weight is 354 g/mol. The number of aromatic nitrogens is 2. The molecule has 7 nitrogen and oxygen atoms in total. The fraction of sp³-hybridized carbons (Fsp3) is 0.0588. The number of nitrogens with one attached hydrogen (secondary N) is 2. The molecule has 25 heavy (non-hydrogen) atoms. The van der Waals surface area contributed by atoms with E-state index >= 15 is 0 Å². The maximum Gasteiger partial charge on any atom is 0.276 e. The van der Waals surface area contributed by atoms with Crippen LogP contribution in [0, 0.1) is 0 Å². The summed E-state index contributed by atoms with van der Waals surface area (Å²) in [6.07, 6.45) is 1.47. The van der Waals surface area contributed by atoms with Gasteiger partial charge in [0.1, 0.15) is 11.2 Å².